The number of hydrogen-bond acceptors (Lipinski definition) is 6. The largest absolute Gasteiger partial charge is 0.416 e. The van der Waals surface area contributed by atoms with E-state index in [1.54, 1.807) is 6.07 Å². The molecule has 7 nitrogen and oxygen atoms in total. The first-order chi connectivity index (χ1) is 16.5. The average molecular weight is 565 g/mol. The summed E-state index contributed by atoms with van der Waals surface area (Å²) in [5.41, 5.74) is 0.474. The minimum atomic E-state index is -4.44. The number of thiophene rings is 1. The third-order valence-electron chi connectivity index (χ3n) is 5.37. The van der Waals surface area contributed by atoms with Crippen LogP contribution in [0.5, 0.6) is 0 Å². The fourth-order valence-electron chi connectivity index (χ4n) is 3.64. The Labute approximate surface area is 213 Å². The van der Waals surface area contributed by atoms with Crippen LogP contribution in [0.15, 0.2) is 46.9 Å². The zero-order valence-electron chi connectivity index (χ0n) is 17.7. The van der Waals surface area contributed by atoms with E-state index in [1.807, 2.05) is 0 Å². The number of nitrogens with one attached hydrogen (secondary N) is 1. The number of aromatic nitrogens is 2. The Morgan fingerprint density at radius 2 is 1.89 bits per heavy atom. The Morgan fingerprint density at radius 3 is 2.51 bits per heavy atom. The summed E-state index contributed by atoms with van der Waals surface area (Å²) >= 11 is 12.6. The highest BCUT2D eigenvalue weighted by Gasteiger charge is 2.40. The van der Waals surface area contributed by atoms with E-state index in [0.29, 0.717) is 29.8 Å². The summed E-state index contributed by atoms with van der Waals surface area (Å²) in [6.45, 7) is 0.162. The number of nitrogens with zero attached hydrogens (tertiary/aromatic N) is 3. The van der Waals surface area contributed by atoms with Gasteiger partial charge in [0, 0.05) is 12.1 Å². The van der Waals surface area contributed by atoms with Crippen LogP contribution < -0.4 is 5.32 Å². The number of hydrogen-bond donors (Lipinski definition) is 1. The SMILES string of the molecule is O=C(NCc1cc(-c2ccc(C(F)(F)F)cc2)ncn1)[C@@H]1CCCN1S(=O)(=O)c1cc(Cl)c(Cl)s1. The highest BCUT2D eigenvalue weighted by atomic mass is 35.5. The van der Waals surface area contributed by atoms with Crippen molar-refractivity contribution in [3.63, 3.8) is 0 Å². The lowest BCUT2D eigenvalue weighted by Crippen LogP contribution is -2.45. The number of carbonyl (C=O) groups is 1. The van der Waals surface area contributed by atoms with E-state index >= 15 is 0 Å². The van der Waals surface area contributed by atoms with Crippen LogP contribution in [0.25, 0.3) is 11.3 Å². The van der Waals surface area contributed by atoms with Gasteiger partial charge in [-0.05, 0) is 37.1 Å². The molecule has 1 atom stereocenters. The van der Waals surface area contributed by atoms with Crippen molar-refractivity contribution in [1.29, 1.82) is 0 Å². The summed E-state index contributed by atoms with van der Waals surface area (Å²) < 4.78 is 65.7. The van der Waals surface area contributed by atoms with Crippen LogP contribution >= 0.6 is 34.5 Å². The molecule has 3 heterocycles. The van der Waals surface area contributed by atoms with Crippen molar-refractivity contribution in [1.82, 2.24) is 19.6 Å². The van der Waals surface area contributed by atoms with Crippen LogP contribution in [0.4, 0.5) is 13.2 Å². The Kier molecular flexibility index (Phi) is 7.39. The molecule has 35 heavy (non-hydrogen) atoms. The van der Waals surface area contributed by atoms with Gasteiger partial charge in [0.05, 0.1) is 28.5 Å². The second kappa shape index (κ2) is 10.0. The maximum Gasteiger partial charge on any atom is 0.416 e. The molecular weight excluding hydrogens is 548 g/mol. The van der Waals surface area contributed by atoms with Crippen molar-refractivity contribution >= 4 is 50.5 Å². The summed E-state index contributed by atoms with van der Waals surface area (Å²) in [4.78, 5) is 21.0. The molecule has 0 spiro atoms. The lowest BCUT2D eigenvalue weighted by molar-refractivity contribution is -0.137. The van der Waals surface area contributed by atoms with E-state index < -0.39 is 33.7 Å². The lowest BCUT2D eigenvalue weighted by Gasteiger charge is -2.22. The minimum Gasteiger partial charge on any atom is -0.349 e. The Bertz CT molecular complexity index is 1330. The molecular formula is C21H17Cl2F3N4O3S2. The molecule has 0 radical (unpaired) electrons. The van der Waals surface area contributed by atoms with Gasteiger partial charge in [0.2, 0.25) is 5.91 Å². The number of carbonyl (C=O) groups excluding carboxylic acids is 1. The first kappa shape index (κ1) is 25.8. The van der Waals surface area contributed by atoms with Gasteiger partial charge >= 0.3 is 6.18 Å². The normalized spacial score (nSPS) is 17.0. The summed E-state index contributed by atoms with van der Waals surface area (Å²) in [6, 6.07) is 6.43. The highest BCUT2D eigenvalue weighted by molar-refractivity contribution is 7.91. The molecule has 186 valence electrons. The van der Waals surface area contributed by atoms with Gasteiger partial charge < -0.3 is 5.32 Å². The monoisotopic (exact) mass is 564 g/mol. The lowest BCUT2D eigenvalue weighted by atomic mass is 10.1. The summed E-state index contributed by atoms with van der Waals surface area (Å²) in [6.07, 6.45) is -2.34. The number of amides is 1. The third-order valence-corrected chi connectivity index (χ3v) is 9.59. The standard InChI is InChI=1S/C21H17Cl2F3N4O3S2/c22-15-9-18(34-19(15)23)35(32,33)30-7-1-2-17(30)20(31)27-10-14-8-16(29-11-28-14)12-3-5-13(6-4-12)21(24,25)26/h3-6,8-9,11,17H,1-2,7,10H2,(H,27,31)/t17-/m0/s1. The van der Waals surface area contributed by atoms with Crippen LogP contribution in [0.3, 0.4) is 0 Å². The number of rotatable bonds is 6. The van der Waals surface area contributed by atoms with Gasteiger partial charge in [-0.15, -0.1) is 11.3 Å². The van der Waals surface area contributed by atoms with Gasteiger partial charge in [-0.2, -0.15) is 17.5 Å². The molecule has 1 fully saturated rings. The third kappa shape index (κ3) is 5.61. The van der Waals surface area contributed by atoms with Crippen molar-refractivity contribution in [2.24, 2.45) is 0 Å². The molecule has 1 aromatic carbocycles. The molecule has 0 unspecified atom stereocenters. The van der Waals surface area contributed by atoms with Gasteiger partial charge in [-0.1, -0.05) is 35.3 Å². The Morgan fingerprint density at radius 1 is 1.17 bits per heavy atom. The zero-order valence-corrected chi connectivity index (χ0v) is 20.9. The van der Waals surface area contributed by atoms with Gasteiger partial charge in [0.25, 0.3) is 10.0 Å². The fraction of sp³-hybridized carbons (Fsp3) is 0.286. The number of halogens is 5. The molecule has 1 aliphatic heterocycles. The molecule has 1 N–H and O–H groups in total. The first-order valence-electron chi connectivity index (χ1n) is 10.2. The topological polar surface area (TPSA) is 92.3 Å². The van der Waals surface area contributed by atoms with E-state index in [4.69, 9.17) is 23.2 Å². The Hall–Kier alpha value is -2.25. The van der Waals surface area contributed by atoms with E-state index in [1.165, 1.54) is 24.5 Å². The van der Waals surface area contributed by atoms with E-state index in [0.717, 1.165) is 27.8 Å². The smallest absolute Gasteiger partial charge is 0.349 e. The van der Waals surface area contributed by atoms with Crippen LogP contribution in [0.2, 0.25) is 9.36 Å². The maximum absolute atomic E-state index is 13.0. The van der Waals surface area contributed by atoms with E-state index in [9.17, 15) is 26.4 Å². The number of alkyl halides is 3. The predicted molar refractivity (Wildman–Crippen MR) is 126 cm³/mol. The quantitative estimate of drug-likeness (QED) is 0.454. The molecule has 1 amide bonds. The molecule has 3 aromatic rings. The van der Waals surface area contributed by atoms with Gasteiger partial charge in [-0.25, -0.2) is 18.4 Å². The molecule has 0 aliphatic carbocycles. The summed E-state index contributed by atoms with van der Waals surface area (Å²) in [5, 5.41) is 2.81. The average Bonchev–Trinajstić information content (AvgIpc) is 3.45. The van der Waals surface area contributed by atoms with Crippen molar-refractivity contribution < 1.29 is 26.4 Å². The van der Waals surface area contributed by atoms with Gasteiger partial charge in [-0.3, -0.25) is 4.79 Å². The van der Waals surface area contributed by atoms with Crippen molar-refractivity contribution in [2.45, 2.75) is 35.8 Å². The molecule has 1 aliphatic rings. The number of sulfonamides is 1. The second-order valence-electron chi connectivity index (χ2n) is 7.65. The molecule has 4 rings (SSSR count). The van der Waals surface area contributed by atoms with Crippen LogP contribution in [-0.2, 0) is 27.5 Å². The van der Waals surface area contributed by atoms with Crippen molar-refractivity contribution in [3.05, 3.63) is 63.3 Å². The first-order valence-corrected chi connectivity index (χ1v) is 13.2. The van der Waals surface area contributed by atoms with E-state index in [2.05, 4.69) is 15.3 Å². The van der Waals surface area contributed by atoms with Crippen LogP contribution in [0, 0.1) is 0 Å². The number of benzene rings is 1. The molecule has 0 saturated carbocycles. The maximum atomic E-state index is 13.0. The van der Waals surface area contributed by atoms with Crippen molar-refractivity contribution in [3.8, 4) is 11.3 Å². The molecule has 0 bridgehead atoms. The van der Waals surface area contributed by atoms with Crippen molar-refractivity contribution in [2.75, 3.05) is 6.54 Å². The predicted octanol–water partition coefficient (Wildman–Crippen LogP) is 5.00. The fourth-order valence-corrected chi connectivity index (χ4v) is 7.30. The van der Waals surface area contributed by atoms with Gasteiger partial charge in [0.15, 0.2) is 0 Å². The van der Waals surface area contributed by atoms with Crippen LogP contribution in [-0.4, -0.2) is 41.2 Å². The highest BCUT2D eigenvalue weighted by Crippen LogP contribution is 2.37. The minimum absolute atomic E-state index is 0.0178. The molecule has 2 aromatic heterocycles. The molecule has 14 heteroatoms. The Balaban J connectivity index is 1.45. The summed E-state index contributed by atoms with van der Waals surface area (Å²) in [5.74, 6) is -0.491. The molecule has 1 saturated heterocycles. The van der Waals surface area contributed by atoms with Crippen LogP contribution in [0.1, 0.15) is 24.1 Å². The van der Waals surface area contributed by atoms with E-state index in [-0.39, 0.29) is 26.7 Å². The second-order valence-corrected chi connectivity index (χ2v) is 11.8. The zero-order chi connectivity index (χ0) is 25.4. The van der Waals surface area contributed by atoms with Gasteiger partial charge in [0.1, 0.15) is 20.9 Å². The summed E-state index contributed by atoms with van der Waals surface area (Å²) in [7, 11) is -3.96.